The van der Waals surface area contributed by atoms with Crippen LogP contribution in [0.4, 0.5) is 9.59 Å². The monoisotopic (exact) mass is 188 g/mol. The highest BCUT2D eigenvalue weighted by Gasteiger charge is 2.22. The third kappa shape index (κ3) is 3.23. The van der Waals surface area contributed by atoms with Crippen LogP contribution in [0, 0.1) is 0 Å². The third-order valence-electron chi connectivity index (χ3n) is 0.967. The number of hydrazine groups is 1. The molecule has 0 bridgehead atoms. The molecule has 0 fully saturated rings. The SMILES string of the molecule is C=C(C)C(=O)N(NC(=O)O)C(=O)O. The molecular weight excluding hydrogens is 180 g/mol. The molecule has 7 nitrogen and oxygen atoms in total. The van der Waals surface area contributed by atoms with E-state index in [-0.39, 0.29) is 10.6 Å². The van der Waals surface area contributed by atoms with Gasteiger partial charge < -0.3 is 10.2 Å². The number of nitrogens with one attached hydrogen (secondary N) is 1. The predicted molar refractivity (Wildman–Crippen MR) is 40.8 cm³/mol. The van der Waals surface area contributed by atoms with E-state index in [1.807, 2.05) is 0 Å². The first kappa shape index (κ1) is 11.0. The summed E-state index contributed by atoms with van der Waals surface area (Å²) in [4.78, 5) is 31.3. The van der Waals surface area contributed by atoms with E-state index in [0.29, 0.717) is 0 Å². The lowest BCUT2D eigenvalue weighted by atomic mass is 10.3. The summed E-state index contributed by atoms with van der Waals surface area (Å²) in [6.45, 7) is 4.44. The molecule has 0 saturated carbocycles. The van der Waals surface area contributed by atoms with Crippen LogP contribution in [0.25, 0.3) is 0 Å². The van der Waals surface area contributed by atoms with Crippen molar-refractivity contribution in [1.82, 2.24) is 10.4 Å². The minimum Gasteiger partial charge on any atom is -0.464 e. The molecule has 3 amide bonds. The average Bonchev–Trinajstić information content (AvgIpc) is 1.97. The summed E-state index contributed by atoms with van der Waals surface area (Å²) in [7, 11) is 0. The Morgan fingerprint density at radius 2 is 1.77 bits per heavy atom. The van der Waals surface area contributed by atoms with Gasteiger partial charge in [-0.1, -0.05) is 6.58 Å². The molecule has 0 heterocycles. The minimum atomic E-state index is -1.71. The average molecular weight is 188 g/mol. The second-order valence-electron chi connectivity index (χ2n) is 2.12. The lowest BCUT2D eigenvalue weighted by Crippen LogP contribution is -2.48. The summed E-state index contributed by atoms with van der Waals surface area (Å²) >= 11 is 0. The zero-order valence-corrected chi connectivity index (χ0v) is 6.77. The third-order valence-corrected chi connectivity index (χ3v) is 0.967. The number of carbonyl (C=O) groups is 3. The first-order valence-electron chi connectivity index (χ1n) is 3.08. The highest BCUT2D eigenvalue weighted by atomic mass is 16.4. The van der Waals surface area contributed by atoms with E-state index in [2.05, 4.69) is 6.58 Å². The molecule has 0 aromatic heterocycles. The largest absolute Gasteiger partial charge is 0.464 e. The maximum atomic E-state index is 10.9. The summed E-state index contributed by atoms with van der Waals surface area (Å²) in [6.07, 6.45) is -3.35. The van der Waals surface area contributed by atoms with Crippen LogP contribution in [0.1, 0.15) is 6.92 Å². The second kappa shape index (κ2) is 4.10. The predicted octanol–water partition coefficient (Wildman–Crippen LogP) is 0.252. The molecular formula is C6H8N2O5. The van der Waals surface area contributed by atoms with Gasteiger partial charge in [-0.05, 0) is 6.92 Å². The summed E-state index contributed by atoms with van der Waals surface area (Å²) < 4.78 is 0. The Balaban J connectivity index is 4.61. The Labute approximate surface area is 73.2 Å². The molecule has 7 heteroatoms. The highest BCUT2D eigenvalue weighted by Crippen LogP contribution is 1.95. The maximum absolute atomic E-state index is 10.9. The summed E-state index contributed by atoms with van der Waals surface area (Å²) in [5, 5.41) is 16.5. The number of rotatable bonds is 1. The van der Waals surface area contributed by atoms with Crippen LogP contribution in [0.3, 0.4) is 0 Å². The molecule has 0 aliphatic heterocycles. The van der Waals surface area contributed by atoms with Crippen LogP contribution in [0.5, 0.6) is 0 Å². The van der Waals surface area contributed by atoms with Gasteiger partial charge >= 0.3 is 12.2 Å². The van der Waals surface area contributed by atoms with E-state index in [4.69, 9.17) is 10.2 Å². The van der Waals surface area contributed by atoms with Gasteiger partial charge in [0.05, 0.1) is 0 Å². The molecule has 0 unspecified atom stereocenters. The highest BCUT2D eigenvalue weighted by molar-refractivity contribution is 6.01. The minimum absolute atomic E-state index is 0.0648. The van der Waals surface area contributed by atoms with Crippen LogP contribution in [-0.2, 0) is 4.79 Å². The van der Waals surface area contributed by atoms with Gasteiger partial charge in [0.15, 0.2) is 0 Å². The lowest BCUT2D eigenvalue weighted by molar-refractivity contribution is -0.127. The molecule has 0 aliphatic rings. The van der Waals surface area contributed by atoms with Crippen molar-refractivity contribution in [3.05, 3.63) is 12.2 Å². The van der Waals surface area contributed by atoms with Gasteiger partial charge in [0.1, 0.15) is 0 Å². The van der Waals surface area contributed by atoms with Crippen LogP contribution >= 0.6 is 0 Å². The van der Waals surface area contributed by atoms with Gasteiger partial charge in [-0.25, -0.2) is 15.0 Å². The zero-order chi connectivity index (χ0) is 10.6. The number of hydrogen-bond acceptors (Lipinski definition) is 3. The van der Waals surface area contributed by atoms with Crippen LogP contribution in [-0.4, -0.2) is 33.3 Å². The molecule has 0 spiro atoms. The van der Waals surface area contributed by atoms with Crippen molar-refractivity contribution < 1.29 is 24.6 Å². The van der Waals surface area contributed by atoms with Crippen molar-refractivity contribution in [3.63, 3.8) is 0 Å². The number of carboxylic acid groups (broad SMARTS) is 2. The van der Waals surface area contributed by atoms with Gasteiger partial charge in [0.25, 0.3) is 5.91 Å². The molecule has 72 valence electrons. The van der Waals surface area contributed by atoms with E-state index in [1.165, 1.54) is 12.3 Å². The van der Waals surface area contributed by atoms with Crippen molar-refractivity contribution in [2.24, 2.45) is 0 Å². The Kier molecular flexibility index (Phi) is 3.45. The molecule has 13 heavy (non-hydrogen) atoms. The van der Waals surface area contributed by atoms with Gasteiger partial charge in [0, 0.05) is 5.57 Å². The number of nitrogens with zero attached hydrogens (tertiary/aromatic N) is 1. The Bertz CT molecular complexity index is 272. The number of imide groups is 1. The lowest BCUT2D eigenvalue weighted by Gasteiger charge is -2.15. The van der Waals surface area contributed by atoms with Crippen LogP contribution in [0.2, 0.25) is 0 Å². The molecule has 0 atom stereocenters. The van der Waals surface area contributed by atoms with E-state index in [9.17, 15) is 14.4 Å². The maximum Gasteiger partial charge on any atom is 0.433 e. The van der Waals surface area contributed by atoms with Crippen LogP contribution in [0.15, 0.2) is 12.2 Å². The van der Waals surface area contributed by atoms with Gasteiger partial charge in [0.2, 0.25) is 0 Å². The van der Waals surface area contributed by atoms with Crippen molar-refractivity contribution in [1.29, 1.82) is 0 Å². The molecule has 0 rings (SSSR count). The quantitative estimate of drug-likeness (QED) is 0.404. The standard InChI is InChI=1S/C6H8N2O5/c1-3(2)4(9)8(6(12)13)7-5(10)11/h7H,1H2,2H3,(H,10,11)(H,12,13). The molecule has 0 aromatic carbocycles. The second-order valence-corrected chi connectivity index (χ2v) is 2.12. The normalized spacial score (nSPS) is 8.69. The van der Waals surface area contributed by atoms with E-state index >= 15 is 0 Å². The van der Waals surface area contributed by atoms with Gasteiger partial charge in [-0.3, -0.25) is 4.79 Å². The number of carbonyl (C=O) groups excluding carboxylic acids is 1. The zero-order valence-electron chi connectivity index (χ0n) is 6.77. The summed E-state index contributed by atoms with van der Waals surface area (Å²) in [5.74, 6) is -1.02. The summed E-state index contributed by atoms with van der Waals surface area (Å²) in [5.41, 5.74) is 1.31. The molecule has 0 aromatic rings. The van der Waals surface area contributed by atoms with Crippen molar-refractivity contribution in [3.8, 4) is 0 Å². The Morgan fingerprint density at radius 1 is 1.31 bits per heavy atom. The fraction of sp³-hybridized carbons (Fsp3) is 0.167. The van der Waals surface area contributed by atoms with E-state index in [1.54, 1.807) is 0 Å². The Morgan fingerprint density at radius 3 is 2.00 bits per heavy atom. The number of hydrogen-bond donors (Lipinski definition) is 3. The topological polar surface area (TPSA) is 107 Å². The van der Waals surface area contributed by atoms with Crippen molar-refractivity contribution in [2.75, 3.05) is 0 Å². The molecule has 0 aliphatic carbocycles. The fourth-order valence-corrected chi connectivity index (χ4v) is 0.472. The van der Waals surface area contributed by atoms with Crippen LogP contribution < -0.4 is 5.43 Å². The molecule has 3 N–H and O–H groups in total. The van der Waals surface area contributed by atoms with Crippen molar-refractivity contribution in [2.45, 2.75) is 6.92 Å². The first-order chi connectivity index (χ1) is 5.86. The van der Waals surface area contributed by atoms with Gasteiger partial charge in [-0.2, -0.15) is 0 Å². The van der Waals surface area contributed by atoms with E-state index in [0.717, 1.165) is 0 Å². The summed E-state index contributed by atoms with van der Waals surface area (Å²) in [6, 6.07) is 0. The van der Waals surface area contributed by atoms with Crippen molar-refractivity contribution >= 4 is 18.1 Å². The first-order valence-corrected chi connectivity index (χ1v) is 3.08. The number of amides is 3. The fourth-order valence-electron chi connectivity index (χ4n) is 0.472. The Hall–Kier alpha value is -2.05. The molecule has 0 radical (unpaired) electrons. The van der Waals surface area contributed by atoms with E-state index < -0.39 is 18.1 Å². The molecule has 0 saturated heterocycles. The smallest absolute Gasteiger partial charge is 0.433 e. The van der Waals surface area contributed by atoms with Gasteiger partial charge in [-0.15, -0.1) is 5.01 Å².